The Morgan fingerprint density at radius 1 is 1.28 bits per heavy atom. The van der Waals surface area contributed by atoms with Crippen molar-refractivity contribution in [2.45, 2.75) is 26.2 Å². The Morgan fingerprint density at radius 3 is 2.56 bits per heavy atom. The number of anilines is 1. The van der Waals surface area contributed by atoms with Crippen LogP contribution in [0.25, 0.3) is 0 Å². The minimum Gasteiger partial charge on any atom is -0.378 e. The SMILES string of the molecule is CN(C)CCOCCNc1nc(C(C)(C)C)ns1. The number of aromatic nitrogens is 2. The van der Waals surface area contributed by atoms with E-state index in [4.69, 9.17) is 4.74 Å². The van der Waals surface area contributed by atoms with E-state index in [1.54, 1.807) is 0 Å². The van der Waals surface area contributed by atoms with Gasteiger partial charge in [0.25, 0.3) is 0 Å². The molecule has 0 saturated heterocycles. The summed E-state index contributed by atoms with van der Waals surface area (Å²) in [7, 11) is 4.08. The predicted octanol–water partition coefficient (Wildman–Crippen LogP) is 1.83. The molecule has 0 aliphatic heterocycles. The number of ether oxygens (including phenoxy) is 1. The molecule has 0 unspecified atom stereocenters. The maximum atomic E-state index is 5.49. The Labute approximate surface area is 114 Å². The first-order valence-electron chi connectivity index (χ1n) is 6.20. The standard InChI is InChI=1S/C12H24N4OS/c1-12(2,3)10-14-11(18-15-10)13-6-8-17-9-7-16(4)5/h6-9H2,1-5H3,(H,13,14,15). The quantitative estimate of drug-likeness (QED) is 0.767. The van der Waals surface area contributed by atoms with Crippen LogP contribution >= 0.6 is 11.5 Å². The topological polar surface area (TPSA) is 50.3 Å². The number of nitrogens with one attached hydrogen (secondary N) is 1. The van der Waals surface area contributed by atoms with Gasteiger partial charge in [-0.2, -0.15) is 4.37 Å². The third-order valence-corrected chi connectivity index (χ3v) is 2.98. The van der Waals surface area contributed by atoms with Crippen molar-refractivity contribution in [2.24, 2.45) is 0 Å². The Bertz CT molecular complexity index is 346. The van der Waals surface area contributed by atoms with Gasteiger partial charge in [-0.25, -0.2) is 4.98 Å². The van der Waals surface area contributed by atoms with Crippen LogP contribution in [0.3, 0.4) is 0 Å². The van der Waals surface area contributed by atoms with Gasteiger partial charge < -0.3 is 15.0 Å². The summed E-state index contributed by atoms with van der Waals surface area (Å²) >= 11 is 1.41. The molecule has 1 heterocycles. The van der Waals surface area contributed by atoms with Crippen LogP contribution in [-0.2, 0) is 10.2 Å². The summed E-state index contributed by atoms with van der Waals surface area (Å²) in [6, 6.07) is 0. The third-order valence-electron chi connectivity index (χ3n) is 2.30. The molecule has 6 heteroatoms. The normalized spacial score (nSPS) is 12.1. The second-order valence-electron chi connectivity index (χ2n) is 5.52. The van der Waals surface area contributed by atoms with E-state index < -0.39 is 0 Å². The molecule has 0 aromatic carbocycles. The molecular formula is C12H24N4OS. The van der Waals surface area contributed by atoms with Crippen LogP contribution in [0.4, 0.5) is 5.13 Å². The molecule has 1 N–H and O–H groups in total. The van der Waals surface area contributed by atoms with Gasteiger partial charge >= 0.3 is 0 Å². The Balaban J connectivity index is 2.18. The maximum absolute atomic E-state index is 5.49. The fraction of sp³-hybridized carbons (Fsp3) is 0.833. The molecule has 0 saturated carbocycles. The molecule has 1 rings (SSSR count). The maximum Gasteiger partial charge on any atom is 0.202 e. The highest BCUT2D eigenvalue weighted by molar-refractivity contribution is 7.09. The van der Waals surface area contributed by atoms with Crippen molar-refractivity contribution < 1.29 is 4.74 Å². The van der Waals surface area contributed by atoms with Gasteiger partial charge in [-0.1, -0.05) is 20.8 Å². The second kappa shape index (κ2) is 7.01. The first-order chi connectivity index (χ1) is 8.39. The molecule has 0 amide bonds. The molecule has 18 heavy (non-hydrogen) atoms. The summed E-state index contributed by atoms with van der Waals surface area (Å²) in [5.74, 6) is 0.892. The van der Waals surface area contributed by atoms with E-state index in [-0.39, 0.29) is 5.41 Å². The fourth-order valence-corrected chi connectivity index (χ4v) is 1.96. The molecule has 0 fully saturated rings. The van der Waals surface area contributed by atoms with Gasteiger partial charge in [0.05, 0.1) is 13.2 Å². The summed E-state index contributed by atoms with van der Waals surface area (Å²) in [6.07, 6.45) is 0. The van der Waals surface area contributed by atoms with E-state index in [0.29, 0.717) is 6.61 Å². The van der Waals surface area contributed by atoms with Gasteiger partial charge in [-0.05, 0) is 14.1 Å². The van der Waals surface area contributed by atoms with Crippen molar-refractivity contribution in [3.63, 3.8) is 0 Å². The number of nitrogens with zero attached hydrogens (tertiary/aromatic N) is 3. The highest BCUT2D eigenvalue weighted by Gasteiger charge is 2.19. The average Bonchev–Trinajstić information content (AvgIpc) is 2.71. The molecule has 104 valence electrons. The number of rotatable bonds is 7. The van der Waals surface area contributed by atoms with E-state index in [9.17, 15) is 0 Å². The number of likely N-dealkylation sites (N-methyl/N-ethyl adjacent to an activating group) is 1. The first-order valence-corrected chi connectivity index (χ1v) is 6.97. The summed E-state index contributed by atoms with van der Waals surface area (Å²) in [5, 5.41) is 4.10. The van der Waals surface area contributed by atoms with Crippen LogP contribution in [0.1, 0.15) is 26.6 Å². The van der Waals surface area contributed by atoms with E-state index >= 15 is 0 Å². The van der Waals surface area contributed by atoms with Gasteiger partial charge in [0, 0.05) is 30.0 Å². The zero-order valence-corrected chi connectivity index (χ0v) is 12.8. The smallest absolute Gasteiger partial charge is 0.202 e. The Morgan fingerprint density at radius 2 is 2.00 bits per heavy atom. The molecular weight excluding hydrogens is 248 g/mol. The predicted molar refractivity (Wildman–Crippen MR) is 76.5 cm³/mol. The van der Waals surface area contributed by atoms with Gasteiger partial charge in [0.1, 0.15) is 5.82 Å². The third kappa shape index (κ3) is 5.75. The molecule has 0 bridgehead atoms. The van der Waals surface area contributed by atoms with Crippen molar-refractivity contribution in [2.75, 3.05) is 45.7 Å². The number of hydrogen-bond acceptors (Lipinski definition) is 6. The lowest BCUT2D eigenvalue weighted by Crippen LogP contribution is -2.20. The van der Waals surface area contributed by atoms with E-state index in [1.165, 1.54) is 11.5 Å². The minimum absolute atomic E-state index is 0.0125. The summed E-state index contributed by atoms with van der Waals surface area (Å²) in [4.78, 5) is 6.56. The van der Waals surface area contributed by atoms with Gasteiger partial charge in [0.15, 0.2) is 0 Å². The lowest BCUT2D eigenvalue weighted by molar-refractivity contribution is 0.126. The second-order valence-corrected chi connectivity index (χ2v) is 6.27. The van der Waals surface area contributed by atoms with Crippen LogP contribution in [0.5, 0.6) is 0 Å². The summed E-state index contributed by atoms with van der Waals surface area (Å²) in [6.45, 7) is 9.52. The van der Waals surface area contributed by atoms with Crippen molar-refractivity contribution in [1.29, 1.82) is 0 Å². The monoisotopic (exact) mass is 272 g/mol. The van der Waals surface area contributed by atoms with Crippen molar-refractivity contribution in [3.05, 3.63) is 5.82 Å². The van der Waals surface area contributed by atoms with Gasteiger partial charge in [-0.15, -0.1) is 0 Å². The van der Waals surface area contributed by atoms with Crippen molar-refractivity contribution in [3.8, 4) is 0 Å². The molecule has 0 radical (unpaired) electrons. The van der Waals surface area contributed by atoms with Crippen LogP contribution < -0.4 is 5.32 Å². The molecule has 0 atom stereocenters. The Hall–Kier alpha value is -0.720. The van der Waals surface area contributed by atoms with Gasteiger partial charge in [0.2, 0.25) is 5.13 Å². The lowest BCUT2D eigenvalue weighted by Gasteiger charge is -2.12. The van der Waals surface area contributed by atoms with E-state index in [2.05, 4.69) is 40.3 Å². The Kier molecular flexibility index (Phi) is 5.98. The molecule has 1 aromatic rings. The number of hydrogen-bond donors (Lipinski definition) is 1. The van der Waals surface area contributed by atoms with E-state index in [1.807, 2.05) is 14.1 Å². The van der Waals surface area contributed by atoms with Crippen LogP contribution in [-0.4, -0.2) is 54.7 Å². The van der Waals surface area contributed by atoms with Crippen LogP contribution in [0.15, 0.2) is 0 Å². The average molecular weight is 272 g/mol. The van der Waals surface area contributed by atoms with Gasteiger partial charge in [-0.3, -0.25) is 0 Å². The first kappa shape index (κ1) is 15.3. The zero-order valence-electron chi connectivity index (χ0n) is 12.0. The van der Waals surface area contributed by atoms with Crippen LogP contribution in [0.2, 0.25) is 0 Å². The highest BCUT2D eigenvalue weighted by atomic mass is 32.1. The zero-order chi connectivity index (χ0) is 13.6. The van der Waals surface area contributed by atoms with Crippen molar-refractivity contribution >= 4 is 16.7 Å². The molecule has 5 nitrogen and oxygen atoms in total. The van der Waals surface area contributed by atoms with Crippen molar-refractivity contribution in [1.82, 2.24) is 14.3 Å². The minimum atomic E-state index is 0.0125. The fourth-order valence-electron chi connectivity index (χ4n) is 1.18. The molecule has 0 aliphatic rings. The molecule has 0 spiro atoms. The molecule has 0 aliphatic carbocycles. The largest absolute Gasteiger partial charge is 0.378 e. The van der Waals surface area contributed by atoms with Crippen LogP contribution in [0, 0.1) is 0 Å². The lowest BCUT2D eigenvalue weighted by atomic mass is 9.96. The van der Waals surface area contributed by atoms with E-state index in [0.717, 1.165) is 30.7 Å². The summed E-state index contributed by atoms with van der Waals surface area (Å²) < 4.78 is 9.84. The molecule has 1 aromatic heterocycles. The summed E-state index contributed by atoms with van der Waals surface area (Å²) in [5.41, 5.74) is 0.0125. The highest BCUT2D eigenvalue weighted by Crippen LogP contribution is 2.22.